The van der Waals surface area contributed by atoms with Gasteiger partial charge in [-0.1, -0.05) is 39.7 Å². The van der Waals surface area contributed by atoms with Crippen LogP contribution in [0.15, 0.2) is 35.1 Å². The van der Waals surface area contributed by atoms with Crippen LogP contribution in [0.5, 0.6) is 0 Å². The summed E-state index contributed by atoms with van der Waals surface area (Å²) >= 11 is 3.81. The van der Waals surface area contributed by atoms with E-state index in [1.54, 1.807) is 0 Å². The Kier molecular flexibility index (Phi) is 3.49. The van der Waals surface area contributed by atoms with Gasteiger partial charge in [-0.2, -0.15) is 0 Å². The van der Waals surface area contributed by atoms with Gasteiger partial charge in [0.2, 0.25) is 0 Å². The molecule has 4 heteroatoms. The van der Waals surface area contributed by atoms with Crippen LogP contribution in [0, 0.1) is 20.8 Å². The molecule has 0 amide bonds. The van der Waals surface area contributed by atoms with Gasteiger partial charge in [0.05, 0.1) is 15.9 Å². The van der Waals surface area contributed by atoms with Crippen molar-refractivity contribution in [1.29, 1.82) is 0 Å². The quantitative estimate of drug-likeness (QED) is 0.670. The Morgan fingerprint density at radius 3 is 2.24 bits per heavy atom. The van der Waals surface area contributed by atoms with Gasteiger partial charge < -0.3 is 9.97 Å². The van der Waals surface area contributed by atoms with E-state index in [0.29, 0.717) is 0 Å². The monoisotopic (exact) mass is 344 g/mol. The average molecular weight is 345 g/mol. The molecule has 0 aliphatic heterocycles. The Morgan fingerprint density at radius 1 is 0.952 bits per heavy atom. The third kappa shape index (κ3) is 2.56. The van der Waals surface area contributed by atoms with Crippen molar-refractivity contribution < 1.29 is 0 Å². The Bertz CT molecular complexity index is 853. The van der Waals surface area contributed by atoms with E-state index >= 15 is 0 Å². The number of alkyl halides is 1. The van der Waals surface area contributed by atoms with Crippen LogP contribution in [0.3, 0.4) is 0 Å². The number of benzene rings is 2. The third-order valence-corrected chi connectivity index (χ3v) is 4.81. The molecule has 0 aliphatic rings. The summed E-state index contributed by atoms with van der Waals surface area (Å²) in [4.78, 5) is 17.1. The van der Waals surface area contributed by atoms with Crippen LogP contribution >= 0.6 is 15.9 Å². The minimum atomic E-state index is -0.170. The standard InChI is InChI=1S/C17H17BrN2O/c1-9-6-10(2)15(11(3)7-9)16(18)12-4-5-13-14(8-12)20-17(21)19-13/h4-8,16H,1-3H3,(H2,19,20,21). The van der Waals surface area contributed by atoms with Gasteiger partial charge in [-0.15, -0.1) is 0 Å². The number of hydrogen-bond donors (Lipinski definition) is 2. The summed E-state index contributed by atoms with van der Waals surface area (Å²) in [5.74, 6) is 0. The number of hydrogen-bond acceptors (Lipinski definition) is 1. The number of aryl methyl sites for hydroxylation is 3. The molecule has 0 bridgehead atoms. The Morgan fingerprint density at radius 2 is 1.57 bits per heavy atom. The lowest BCUT2D eigenvalue weighted by Crippen LogP contribution is -2.00. The molecule has 0 fully saturated rings. The van der Waals surface area contributed by atoms with Gasteiger partial charge in [0, 0.05) is 0 Å². The summed E-state index contributed by atoms with van der Waals surface area (Å²) in [7, 11) is 0. The molecule has 0 aliphatic carbocycles. The highest BCUT2D eigenvalue weighted by molar-refractivity contribution is 9.09. The highest BCUT2D eigenvalue weighted by Gasteiger charge is 2.16. The second kappa shape index (κ2) is 5.19. The Labute approximate surface area is 131 Å². The fourth-order valence-corrected chi connectivity index (χ4v) is 3.97. The van der Waals surface area contributed by atoms with E-state index in [2.05, 4.69) is 58.8 Å². The predicted octanol–water partition coefficient (Wildman–Crippen LogP) is 4.27. The van der Waals surface area contributed by atoms with Crippen molar-refractivity contribution in [3.8, 4) is 0 Å². The predicted molar refractivity (Wildman–Crippen MR) is 90.3 cm³/mol. The van der Waals surface area contributed by atoms with Crippen molar-refractivity contribution in [3.63, 3.8) is 0 Å². The van der Waals surface area contributed by atoms with Crippen LogP contribution in [0.4, 0.5) is 0 Å². The van der Waals surface area contributed by atoms with Crippen molar-refractivity contribution in [3.05, 3.63) is 68.6 Å². The molecule has 1 heterocycles. The second-order valence-corrected chi connectivity index (χ2v) is 6.47. The zero-order valence-electron chi connectivity index (χ0n) is 12.3. The van der Waals surface area contributed by atoms with Gasteiger partial charge in [-0.25, -0.2) is 4.79 Å². The third-order valence-electron chi connectivity index (χ3n) is 3.82. The molecule has 0 saturated carbocycles. The van der Waals surface area contributed by atoms with E-state index < -0.39 is 0 Å². The number of aromatic nitrogens is 2. The highest BCUT2D eigenvalue weighted by Crippen LogP contribution is 2.36. The smallest absolute Gasteiger partial charge is 0.306 e. The normalized spacial score (nSPS) is 12.8. The lowest BCUT2D eigenvalue weighted by molar-refractivity contribution is 1.10. The van der Waals surface area contributed by atoms with Gasteiger partial charge in [0.15, 0.2) is 0 Å². The lowest BCUT2D eigenvalue weighted by atomic mass is 9.94. The molecule has 2 N–H and O–H groups in total. The number of nitrogens with one attached hydrogen (secondary N) is 2. The molecular weight excluding hydrogens is 328 g/mol. The molecule has 1 atom stereocenters. The second-order valence-electron chi connectivity index (χ2n) is 5.56. The average Bonchev–Trinajstić information content (AvgIpc) is 2.76. The fraction of sp³-hybridized carbons (Fsp3) is 0.235. The van der Waals surface area contributed by atoms with Crippen molar-refractivity contribution in [1.82, 2.24) is 9.97 Å². The molecule has 21 heavy (non-hydrogen) atoms. The number of fused-ring (bicyclic) bond motifs is 1. The zero-order valence-corrected chi connectivity index (χ0v) is 13.8. The number of imidazole rings is 1. The first kappa shape index (κ1) is 14.1. The minimum Gasteiger partial charge on any atom is -0.306 e. The molecular formula is C17H17BrN2O. The molecule has 2 aromatic carbocycles. The van der Waals surface area contributed by atoms with Gasteiger partial charge >= 0.3 is 5.69 Å². The van der Waals surface area contributed by atoms with Crippen LogP contribution in [0.25, 0.3) is 11.0 Å². The molecule has 3 nitrogen and oxygen atoms in total. The van der Waals surface area contributed by atoms with Crippen LogP contribution in [-0.2, 0) is 0 Å². The SMILES string of the molecule is Cc1cc(C)c(C(Br)c2ccc3[nH]c(=O)[nH]c3c2)c(C)c1. The maximum absolute atomic E-state index is 11.4. The number of rotatable bonds is 2. The van der Waals surface area contributed by atoms with Gasteiger partial charge in [-0.05, 0) is 55.2 Å². The number of aromatic amines is 2. The molecule has 1 aromatic heterocycles. The van der Waals surface area contributed by atoms with E-state index in [9.17, 15) is 4.79 Å². The number of halogens is 1. The summed E-state index contributed by atoms with van der Waals surface area (Å²) in [5, 5.41) is 0. The maximum Gasteiger partial charge on any atom is 0.323 e. The van der Waals surface area contributed by atoms with Gasteiger partial charge in [0.1, 0.15) is 0 Å². The van der Waals surface area contributed by atoms with E-state index in [4.69, 9.17) is 0 Å². The van der Waals surface area contributed by atoms with E-state index in [0.717, 1.165) is 16.6 Å². The van der Waals surface area contributed by atoms with Crippen LogP contribution in [-0.4, -0.2) is 9.97 Å². The molecule has 3 rings (SSSR count). The first-order valence-electron chi connectivity index (χ1n) is 6.89. The zero-order chi connectivity index (χ0) is 15.1. The summed E-state index contributed by atoms with van der Waals surface area (Å²) in [6.07, 6.45) is 0. The van der Waals surface area contributed by atoms with Crippen LogP contribution in [0.1, 0.15) is 32.6 Å². The van der Waals surface area contributed by atoms with Gasteiger partial charge in [0.25, 0.3) is 0 Å². The molecule has 3 aromatic rings. The molecule has 1 unspecified atom stereocenters. The maximum atomic E-state index is 11.4. The van der Waals surface area contributed by atoms with Crippen LogP contribution in [0.2, 0.25) is 0 Å². The first-order valence-corrected chi connectivity index (χ1v) is 7.81. The first-order chi connectivity index (χ1) is 9.95. The lowest BCUT2D eigenvalue weighted by Gasteiger charge is -2.17. The van der Waals surface area contributed by atoms with Gasteiger partial charge in [-0.3, -0.25) is 0 Å². The number of H-pyrrole nitrogens is 2. The topological polar surface area (TPSA) is 48.6 Å². The molecule has 108 valence electrons. The van der Waals surface area contributed by atoms with E-state index in [1.165, 1.54) is 22.3 Å². The minimum absolute atomic E-state index is 0.112. The Balaban J connectivity index is 2.11. The summed E-state index contributed by atoms with van der Waals surface area (Å²) in [6.45, 7) is 6.39. The van der Waals surface area contributed by atoms with Crippen molar-refractivity contribution in [2.24, 2.45) is 0 Å². The molecule has 0 saturated heterocycles. The van der Waals surface area contributed by atoms with Crippen molar-refractivity contribution >= 4 is 27.0 Å². The van der Waals surface area contributed by atoms with Crippen molar-refractivity contribution in [2.45, 2.75) is 25.6 Å². The fourth-order valence-electron chi connectivity index (χ4n) is 2.97. The largest absolute Gasteiger partial charge is 0.323 e. The van der Waals surface area contributed by atoms with E-state index in [1.807, 2.05) is 18.2 Å². The summed E-state index contributed by atoms with van der Waals surface area (Å²) in [5.41, 5.74) is 7.75. The van der Waals surface area contributed by atoms with Crippen molar-refractivity contribution in [2.75, 3.05) is 0 Å². The summed E-state index contributed by atoms with van der Waals surface area (Å²) < 4.78 is 0. The highest BCUT2D eigenvalue weighted by atomic mass is 79.9. The summed E-state index contributed by atoms with van der Waals surface area (Å²) in [6, 6.07) is 10.4. The Hall–Kier alpha value is -1.81. The molecule has 0 radical (unpaired) electrons. The molecule has 0 spiro atoms. The van der Waals surface area contributed by atoms with Crippen LogP contribution < -0.4 is 5.69 Å². The van der Waals surface area contributed by atoms with E-state index in [-0.39, 0.29) is 10.5 Å².